The van der Waals surface area contributed by atoms with E-state index in [1.165, 1.54) is 0 Å². The Balaban J connectivity index is 1.67. The van der Waals surface area contributed by atoms with E-state index in [2.05, 4.69) is 0 Å². The van der Waals surface area contributed by atoms with Crippen LogP contribution in [0.15, 0.2) is 24.3 Å². The number of ether oxygens (including phenoxy) is 8. The monoisotopic (exact) mass is 474 g/mol. The molecule has 0 bridgehead atoms. The minimum absolute atomic E-state index is 0.155. The summed E-state index contributed by atoms with van der Waals surface area (Å²) < 4.78 is 45.4. The summed E-state index contributed by atoms with van der Waals surface area (Å²) in [6, 6.07) is 7.72. The number of hydrogen-bond donors (Lipinski definition) is 1. The van der Waals surface area contributed by atoms with Gasteiger partial charge in [-0.2, -0.15) is 0 Å². The Morgan fingerprint density at radius 3 is 2.18 bits per heavy atom. The van der Waals surface area contributed by atoms with E-state index < -0.39 is 12.4 Å². The van der Waals surface area contributed by atoms with E-state index >= 15 is 0 Å². The van der Waals surface area contributed by atoms with Gasteiger partial charge in [-0.1, -0.05) is 0 Å². The molecule has 2 aromatic rings. The van der Waals surface area contributed by atoms with Crippen molar-refractivity contribution < 1.29 is 43.0 Å². The Bertz CT molecular complexity index is 1010. The lowest BCUT2D eigenvalue weighted by Gasteiger charge is -2.40. The zero-order chi connectivity index (χ0) is 23.8. The molecule has 0 amide bonds. The molecule has 3 aliphatic rings. The van der Waals surface area contributed by atoms with Gasteiger partial charge in [0.25, 0.3) is 0 Å². The number of hydrogen-bond acceptors (Lipinski definition) is 9. The van der Waals surface area contributed by atoms with E-state index in [9.17, 15) is 5.11 Å². The lowest BCUT2D eigenvalue weighted by atomic mass is 9.66. The SMILES string of the molecule is COCCOC1OC[C@H]2[C@H]1[C@H](c1cc(OC)c(OC)c(OC)c1)c1cc3c(cc1[C@@H]2O)OCO3. The van der Waals surface area contributed by atoms with E-state index in [-0.39, 0.29) is 24.5 Å². The number of aliphatic hydroxyl groups excluding tert-OH is 1. The van der Waals surface area contributed by atoms with Gasteiger partial charge in [0.1, 0.15) is 0 Å². The first kappa shape index (κ1) is 23.0. The summed E-state index contributed by atoms with van der Waals surface area (Å²) in [5.41, 5.74) is 2.66. The van der Waals surface area contributed by atoms with Crippen molar-refractivity contribution in [2.75, 3.05) is 55.1 Å². The van der Waals surface area contributed by atoms with Gasteiger partial charge in [0.05, 0.1) is 47.3 Å². The van der Waals surface area contributed by atoms with Gasteiger partial charge in [0.15, 0.2) is 29.3 Å². The van der Waals surface area contributed by atoms with Crippen molar-refractivity contribution in [1.29, 1.82) is 0 Å². The molecule has 9 heteroatoms. The summed E-state index contributed by atoms with van der Waals surface area (Å²) in [7, 11) is 6.39. The molecule has 1 unspecified atom stereocenters. The highest BCUT2D eigenvalue weighted by molar-refractivity contribution is 5.59. The van der Waals surface area contributed by atoms with Gasteiger partial charge in [-0.25, -0.2) is 0 Å². The Morgan fingerprint density at radius 1 is 0.882 bits per heavy atom. The molecule has 1 fully saturated rings. The average Bonchev–Trinajstić information content (AvgIpc) is 3.49. The standard InChI is InChI=1S/C25H30O9/c1-27-5-6-31-25-22-16(11-32-25)23(26)15-10-18-17(33-12-34-18)9-14(15)21(22)13-7-19(28-2)24(30-4)20(8-13)29-3/h7-10,16,21-23,25-26H,5-6,11-12H2,1-4H3/t16-,21+,22-,23-,25?/m0/s1. The van der Waals surface area contributed by atoms with Crippen molar-refractivity contribution in [3.05, 3.63) is 41.0 Å². The summed E-state index contributed by atoms with van der Waals surface area (Å²) in [5.74, 6) is 2.37. The molecule has 2 aromatic carbocycles. The van der Waals surface area contributed by atoms with E-state index in [4.69, 9.17) is 37.9 Å². The van der Waals surface area contributed by atoms with Crippen LogP contribution < -0.4 is 23.7 Å². The first-order chi connectivity index (χ1) is 16.6. The number of rotatable bonds is 8. The van der Waals surface area contributed by atoms with E-state index in [0.717, 1.165) is 16.7 Å². The summed E-state index contributed by atoms with van der Waals surface area (Å²) >= 11 is 0. The second kappa shape index (κ2) is 9.50. The van der Waals surface area contributed by atoms with Crippen LogP contribution in [0, 0.1) is 11.8 Å². The van der Waals surface area contributed by atoms with E-state index in [1.54, 1.807) is 28.4 Å². The largest absolute Gasteiger partial charge is 0.493 e. The van der Waals surface area contributed by atoms with Crippen LogP contribution in [0.4, 0.5) is 0 Å². The lowest BCUT2D eigenvalue weighted by molar-refractivity contribution is -0.142. The molecule has 9 nitrogen and oxygen atoms in total. The minimum Gasteiger partial charge on any atom is -0.493 e. The number of aliphatic hydroxyl groups is 1. The summed E-state index contributed by atoms with van der Waals surface area (Å²) in [6.07, 6.45) is -1.25. The van der Waals surface area contributed by atoms with Gasteiger partial charge in [-0.05, 0) is 41.0 Å². The highest BCUT2D eigenvalue weighted by Crippen LogP contribution is 2.56. The Morgan fingerprint density at radius 2 is 1.56 bits per heavy atom. The Labute approximate surface area is 198 Å². The molecule has 34 heavy (non-hydrogen) atoms. The topological polar surface area (TPSA) is 94.1 Å². The molecule has 5 atom stereocenters. The van der Waals surface area contributed by atoms with Crippen LogP contribution in [0.5, 0.6) is 28.7 Å². The molecule has 5 rings (SSSR count). The van der Waals surface area contributed by atoms with Crippen LogP contribution in [0.3, 0.4) is 0 Å². The second-order valence-corrected chi connectivity index (χ2v) is 8.52. The first-order valence-corrected chi connectivity index (χ1v) is 11.2. The van der Waals surface area contributed by atoms with Gasteiger partial charge < -0.3 is 43.0 Å². The molecule has 0 radical (unpaired) electrons. The van der Waals surface area contributed by atoms with Crippen LogP contribution in [0.25, 0.3) is 0 Å². The number of benzene rings is 2. The van der Waals surface area contributed by atoms with Gasteiger partial charge in [0, 0.05) is 24.9 Å². The van der Waals surface area contributed by atoms with Gasteiger partial charge >= 0.3 is 0 Å². The third-order valence-corrected chi connectivity index (χ3v) is 6.90. The molecular formula is C25H30O9. The third kappa shape index (κ3) is 3.73. The highest BCUT2D eigenvalue weighted by Gasteiger charge is 2.52. The molecular weight excluding hydrogens is 444 g/mol. The zero-order valence-electron chi connectivity index (χ0n) is 19.7. The van der Waals surface area contributed by atoms with E-state index in [0.29, 0.717) is 48.6 Å². The predicted molar refractivity (Wildman–Crippen MR) is 120 cm³/mol. The second-order valence-electron chi connectivity index (χ2n) is 8.52. The smallest absolute Gasteiger partial charge is 0.231 e. The molecule has 0 spiro atoms. The molecule has 184 valence electrons. The maximum absolute atomic E-state index is 11.4. The Hall–Kier alpha value is -2.72. The van der Waals surface area contributed by atoms with Gasteiger partial charge in [0.2, 0.25) is 12.5 Å². The fourth-order valence-corrected chi connectivity index (χ4v) is 5.36. The van der Waals surface area contributed by atoms with Crippen LogP contribution in [-0.4, -0.2) is 66.4 Å². The van der Waals surface area contributed by atoms with Crippen LogP contribution in [0.2, 0.25) is 0 Å². The molecule has 1 aliphatic carbocycles. The van der Waals surface area contributed by atoms with Crippen molar-refractivity contribution in [2.45, 2.75) is 18.3 Å². The fraction of sp³-hybridized carbons (Fsp3) is 0.520. The van der Waals surface area contributed by atoms with Crippen molar-refractivity contribution in [3.63, 3.8) is 0 Å². The van der Waals surface area contributed by atoms with Crippen molar-refractivity contribution in [3.8, 4) is 28.7 Å². The van der Waals surface area contributed by atoms with Crippen LogP contribution in [-0.2, 0) is 14.2 Å². The number of fused-ring (bicyclic) bond motifs is 3. The van der Waals surface area contributed by atoms with Crippen molar-refractivity contribution in [1.82, 2.24) is 0 Å². The van der Waals surface area contributed by atoms with Crippen LogP contribution in [0.1, 0.15) is 28.7 Å². The normalized spacial score (nSPS) is 26.7. The van der Waals surface area contributed by atoms with Crippen molar-refractivity contribution >= 4 is 0 Å². The first-order valence-electron chi connectivity index (χ1n) is 11.2. The van der Waals surface area contributed by atoms with E-state index in [1.807, 2.05) is 24.3 Å². The lowest BCUT2D eigenvalue weighted by Crippen LogP contribution is -2.37. The molecule has 0 saturated carbocycles. The maximum atomic E-state index is 11.4. The van der Waals surface area contributed by atoms with Crippen LogP contribution >= 0.6 is 0 Å². The quantitative estimate of drug-likeness (QED) is 0.580. The van der Waals surface area contributed by atoms with Gasteiger partial charge in [-0.15, -0.1) is 0 Å². The molecule has 1 N–H and O–H groups in total. The number of methoxy groups -OCH3 is 4. The van der Waals surface area contributed by atoms with Crippen molar-refractivity contribution in [2.24, 2.45) is 11.8 Å². The summed E-state index contributed by atoms with van der Waals surface area (Å²) in [5, 5.41) is 11.4. The molecule has 2 aliphatic heterocycles. The maximum Gasteiger partial charge on any atom is 0.231 e. The third-order valence-electron chi connectivity index (χ3n) is 6.90. The average molecular weight is 475 g/mol. The predicted octanol–water partition coefficient (Wildman–Crippen LogP) is 2.87. The molecule has 1 saturated heterocycles. The minimum atomic E-state index is -0.733. The molecule has 0 aromatic heterocycles. The summed E-state index contributed by atoms with van der Waals surface area (Å²) in [4.78, 5) is 0. The highest BCUT2D eigenvalue weighted by atomic mass is 16.7. The van der Waals surface area contributed by atoms with Gasteiger partial charge in [-0.3, -0.25) is 0 Å². The molecule has 2 heterocycles. The Kier molecular flexibility index (Phi) is 6.44. The zero-order valence-corrected chi connectivity index (χ0v) is 19.7. The summed E-state index contributed by atoms with van der Waals surface area (Å²) in [6.45, 7) is 1.36. The fourth-order valence-electron chi connectivity index (χ4n) is 5.36.